The molecule has 3 unspecified atom stereocenters. The molecule has 2 aliphatic rings. The molecule has 0 radical (unpaired) electrons. The average molecular weight is 364 g/mol. The molecule has 0 spiro atoms. The number of hydrogen-bond acceptors (Lipinski definition) is 3. The molecular weight excluding hydrogens is 340 g/mol. The molecular formula is C22H24N2O3. The largest absolute Gasteiger partial charge is 0.480 e. The number of nitrogens with zero attached hydrogens (tertiary/aromatic N) is 2. The van der Waals surface area contributed by atoms with Crippen molar-refractivity contribution in [3.05, 3.63) is 53.9 Å². The van der Waals surface area contributed by atoms with Crippen molar-refractivity contribution >= 4 is 11.9 Å². The Morgan fingerprint density at radius 1 is 1.11 bits per heavy atom. The maximum absolute atomic E-state index is 13.3. The number of carboxylic acid groups (broad SMARTS) is 1. The number of benzene rings is 1. The van der Waals surface area contributed by atoms with Crippen LogP contribution in [0.5, 0.6) is 0 Å². The molecule has 1 amide bonds. The lowest BCUT2D eigenvalue weighted by atomic mass is 9.84. The van der Waals surface area contributed by atoms with Crippen molar-refractivity contribution in [2.75, 3.05) is 0 Å². The molecule has 1 saturated heterocycles. The van der Waals surface area contributed by atoms with Crippen LogP contribution in [0.15, 0.2) is 42.7 Å². The van der Waals surface area contributed by atoms with Crippen LogP contribution in [0.2, 0.25) is 0 Å². The predicted molar refractivity (Wildman–Crippen MR) is 102 cm³/mol. The first-order chi connectivity index (χ1) is 13.0. The summed E-state index contributed by atoms with van der Waals surface area (Å²) in [5.74, 6) is -0.809. The fourth-order valence-electron chi connectivity index (χ4n) is 4.66. The third-order valence-corrected chi connectivity index (χ3v) is 5.94. The number of carboxylic acids is 1. The van der Waals surface area contributed by atoms with Gasteiger partial charge in [-0.05, 0) is 43.7 Å². The lowest BCUT2D eigenvalue weighted by Crippen LogP contribution is -2.46. The lowest BCUT2D eigenvalue weighted by molar-refractivity contribution is -0.141. The number of carbonyl (C=O) groups is 2. The van der Waals surface area contributed by atoms with Gasteiger partial charge >= 0.3 is 5.97 Å². The van der Waals surface area contributed by atoms with Gasteiger partial charge in [0.1, 0.15) is 6.04 Å². The van der Waals surface area contributed by atoms with Crippen molar-refractivity contribution in [3.8, 4) is 11.1 Å². The van der Waals surface area contributed by atoms with E-state index in [1.807, 2.05) is 31.2 Å². The first-order valence-corrected chi connectivity index (χ1v) is 9.62. The van der Waals surface area contributed by atoms with Crippen LogP contribution >= 0.6 is 0 Å². The van der Waals surface area contributed by atoms with Crippen molar-refractivity contribution in [1.82, 2.24) is 9.88 Å². The molecule has 0 bridgehead atoms. The predicted octanol–water partition coefficient (Wildman–Crippen LogP) is 3.91. The molecule has 27 heavy (non-hydrogen) atoms. The van der Waals surface area contributed by atoms with Crippen LogP contribution in [-0.4, -0.2) is 39.0 Å². The third kappa shape index (κ3) is 3.34. The molecule has 1 saturated carbocycles. The van der Waals surface area contributed by atoms with E-state index < -0.39 is 12.0 Å². The number of aryl methyl sites for hydroxylation is 1. The zero-order chi connectivity index (χ0) is 19.0. The number of hydrogen-bond donors (Lipinski definition) is 1. The number of aliphatic carboxylic acids is 1. The zero-order valence-corrected chi connectivity index (χ0v) is 15.5. The number of fused-ring (bicyclic) bond motifs is 1. The summed E-state index contributed by atoms with van der Waals surface area (Å²) >= 11 is 0. The Morgan fingerprint density at radius 3 is 2.70 bits per heavy atom. The van der Waals surface area contributed by atoms with Gasteiger partial charge in [0.05, 0.1) is 5.56 Å². The average Bonchev–Trinajstić information content (AvgIpc) is 3.07. The van der Waals surface area contributed by atoms with Crippen molar-refractivity contribution < 1.29 is 14.7 Å². The van der Waals surface area contributed by atoms with Gasteiger partial charge in [0.25, 0.3) is 5.91 Å². The molecule has 140 valence electrons. The van der Waals surface area contributed by atoms with E-state index in [-0.39, 0.29) is 11.9 Å². The minimum Gasteiger partial charge on any atom is -0.480 e. The second-order valence-corrected chi connectivity index (χ2v) is 7.75. The highest BCUT2D eigenvalue weighted by molar-refractivity contribution is 5.98. The van der Waals surface area contributed by atoms with Crippen molar-refractivity contribution in [3.63, 3.8) is 0 Å². The molecule has 5 heteroatoms. The topological polar surface area (TPSA) is 70.5 Å². The number of amides is 1. The summed E-state index contributed by atoms with van der Waals surface area (Å²) in [6.07, 6.45) is 7.95. The van der Waals surface area contributed by atoms with E-state index in [9.17, 15) is 14.7 Å². The van der Waals surface area contributed by atoms with Crippen molar-refractivity contribution in [1.29, 1.82) is 0 Å². The summed E-state index contributed by atoms with van der Waals surface area (Å²) in [7, 11) is 0. The standard InChI is InChI=1S/C22H24N2O3/c1-14-5-4-7-15(9-14)17-10-18(13-23-12-17)21(25)24-19-8-3-2-6-16(19)11-20(24)22(26)27/h4-5,7,9-10,12-13,16,19-20H,2-3,6,8,11H2,1H3,(H,26,27). The summed E-state index contributed by atoms with van der Waals surface area (Å²) < 4.78 is 0. The molecule has 2 heterocycles. The molecule has 2 fully saturated rings. The van der Waals surface area contributed by atoms with Crippen LogP contribution in [0.4, 0.5) is 0 Å². The Morgan fingerprint density at radius 2 is 1.93 bits per heavy atom. The molecule has 1 aromatic heterocycles. The Hall–Kier alpha value is -2.69. The Kier molecular flexibility index (Phi) is 4.68. The van der Waals surface area contributed by atoms with E-state index in [1.54, 1.807) is 17.3 Å². The first kappa shape index (κ1) is 17.7. The summed E-state index contributed by atoms with van der Waals surface area (Å²) in [6.45, 7) is 2.02. The Balaban J connectivity index is 1.67. The number of aromatic nitrogens is 1. The van der Waals surface area contributed by atoms with E-state index in [0.717, 1.165) is 42.4 Å². The maximum Gasteiger partial charge on any atom is 0.326 e. The van der Waals surface area contributed by atoms with Gasteiger partial charge < -0.3 is 10.0 Å². The van der Waals surface area contributed by atoms with Crippen LogP contribution in [0.3, 0.4) is 0 Å². The van der Waals surface area contributed by atoms with Gasteiger partial charge in [0.15, 0.2) is 0 Å². The highest BCUT2D eigenvalue weighted by Gasteiger charge is 2.47. The van der Waals surface area contributed by atoms with Gasteiger partial charge in [-0.15, -0.1) is 0 Å². The van der Waals surface area contributed by atoms with Crippen LogP contribution in [0, 0.1) is 12.8 Å². The summed E-state index contributed by atoms with van der Waals surface area (Å²) in [5.41, 5.74) is 3.48. The maximum atomic E-state index is 13.3. The SMILES string of the molecule is Cc1cccc(-c2cncc(C(=O)N3C(C(=O)O)CC4CCCCC43)c2)c1. The smallest absolute Gasteiger partial charge is 0.326 e. The van der Waals surface area contributed by atoms with E-state index >= 15 is 0 Å². The molecule has 1 aliphatic carbocycles. The van der Waals surface area contributed by atoms with Gasteiger partial charge in [-0.2, -0.15) is 0 Å². The quantitative estimate of drug-likeness (QED) is 0.896. The van der Waals surface area contributed by atoms with Gasteiger partial charge in [0.2, 0.25) is 0 Å². The lowest BCUT2D eigenvalue weighted by Gasteiger charge is -2.33. The van der Waals surface area contributed by atoms with Crippen LogP contribution < -0.4 is 0 Å². The number of pyridine rings is 1. The summed E-state index contributed by atoms with van der Waals surface area (Å²) in [5, 5.41) is 9.68. The van der Waals surface area contributed by atoms with E-state index in [1.165, 1.54) is 0 Å². The molecule has 1 aromatic carbocycles. The fourth-order valence-corrected chi connectivity index (χ4v) is 4.66. The van der Waals surface area contributed by atoms with Gasteiger partial charge in [-0.3, -0.25) is 9.78 Å². The third-order valence-electron chi connectivity index (χ3n) is 5.94. The van der Waals surface area contributed by atoms with Gasteiger partial charge in [-0.25, -0.2) is 4.79 Å². The first-order valence-electron chi connectivity index (χ1n) is 9.62. The molecule has 1 aliphatic heterocycles. The minimum absolute atomic E-state index is 0.0370. The van der Waals surface area contributed by atoms with Crippen molar-refractivity contribution in [2.45, 2.75) is 51.1 Å². The highest BCUT2D eigenvalue weighted by atomic mass is 16.4. The molecule has 1 N–H and O–H groups in total. The fraction of sp³-hybridized carbons (Fsp3) is 0.409. The molecule has 5 nitrogen and oxygen atoms in total. The minimum atomic E-state index is -0.902. The van der Waals surface area contributed by atoms with Gasteiger partial charge in [0, 0.05) is 24.0 Å². The normalized spacial score (nSPS) is 24.5. The molecule has 4 rings (SSSR count). The number of carbonyl (C=O) groups excluding carboxylic acids is 1. The van der Waals surface area contributed by atoms with E-state index in [2.05, 4.69) is 11.1 Å². The highest BCUT2D eigenvalue weighted by Crippen LogP contribution is 2.40. The monoisotopic (exact) mass is 364 g/mol. The second-order valence-electron chi connectivity index (χ2n) is 7.75. The summed E-state index contributed by atoms with van der Waals surface area (Å²) in [6, 6.07) is 9.19. The molecule has 2 aromatic rings. The summed E-state index contributed by atoms with van der Waals surface area (Å²) in [4.78, 5) is 31.0. The van der Waals surface area contributed by atoms with Crippen LogP contribution in [-0.2, 0) is 4.79 Å². The number of rotatable bonds is 3. The Bertz CT molecular complexity index is 879. The van der Waals surface area contributed by atoms with E-state index in [4.69, 9.17) is 0 Å². The molecule has 3 atom stereocenters. The van der Waals surface area contributed by atoms with Crippen LogP contribution in [0.1, 0.15) is 48.0 Å². The Labute approximate surface area is 159 Å². The second kappa shape index (κ2) is 7.14. The van der Waals surface area contributed by atoms with E-state index in [0.29, 0.717) is 17.9 Å². The number of likely N-dealkylation sites (tertiary alicyclic amines) is 1. The van der Waals surface area contributed by atoms with Crippen molar-refractivity contribution in [2.24, 2.45) is 5.92 Å². The van der Waals surface area contributed by atoms with Crippen LogP contribution in [0.25, 0.3) is 11.1 Å². The van der Waals surface area contributed by atoms with Gasteiger partial charge in [-0.1, -0.05) is 42.7 Å². The zero-order valence-electron chi connectivity index (χ0n) is 15.5.